The van der Waals surface area contributed by atoms with Crippen molar-refractivity contribution in [3.05, 3.63) is 71.9 Å². The maximum Gasteiger partial charge on any atom is 0.416 e. The van der Waals surface area contributed by atoms with E-state index < -0.39 is 35.6 Å². The van der Waals surface area contributed by atoms with Crippen molar-refractivity contribution in [2.45, 2.75) is 43.9 Å². The molecule has 0 unspecified atom stereocenters. The minimum atomic E-state index is -4.50. The van der Waals surface area contributed by atoms with Crippen LogP contribution in [-0.2, 0) is 22.2 Å². The lowest BCUT2D eigenvalue weighted by Crippen LogP contribution is -2.50. The van der Waals surface area contributed by atoms with Crippen LogP contribution in [0.2, 0.25) is 0 Å². The lowest BCUT2D eigenvalue weighted by atomic mass is 10.0. The summed E-state index contributed by atoms with van der Waals surface area (Å²) in [5.41, 5.74) is 12.1. The van der Waals surface area contributed by atoms with Crippen LogP contribution >= 0.6 is 0 Å². The van der Waals surface area contributed by atoms with Crippen molar-refractivity contribution >= 4 is 28.4 Å². The van der Waals surface area contributed by atoms with Crippen molar-refractivity contribution in [2.75, 3.05) is 11.9 Å². The van der Waals surface area contributed by atoms with E-state index in [0.717, 1.165) is 17.7 Å². The molecule has 186 valence electrons. The topological polar surface area (TPSA) is 123 Å². The first-order valence-corrected chi connectivity index (χ1v) is 11.2. The SMILES string of the molecule is NCCC[C@H](N)C(=O)N[C@H](CCc1ccccc1)C(=O)Nc1cnc2ccc(C(F)(F)F)cc2c1. The van der Waals surface area contributed by atoms with Crippen LogP contribution in [0.3, 0.4) is 0 Å². The number of rotatable bonds is 10. The molecule has 1 aromatic heterocycles. The molecule has 0 spiro atoms. The van der Waals surface area contributed by atoms with E-state index >= 15 is 0 Å². The molecule has 10 heteroatoms. The number of carbonyl (C=O) groups excluding carboxylic acids is 2. The van der Waals surface area contributed by atoms with Gasteiger partial charge in [-0.3, -0.25) is 14.6 Å². The molecule has 2 amide bonds. The molecule has 6 N–H and O–H groups in total. The first-order valence-electron chi connectivity index (χ1n) is 11.2. The summed E-state index contributed by atoms with van der Waals surface area (Å²) in [4.78, 5) is 29.8. The molecular formula is C25H28F3N5O2. The van der Waals surface area contributed by atoms with Gasteiger partial charge in [0.1, 0.15) is 6.04 Å². The first-order chi connectivity index (χ1) is 16.7. The van der Waals surface area contributed by atoms with Crippen LogP contribution in [0.25, 0.3) is 10.9 Å². The van der Waals surface area contributed by atoms with E-state index in [9.17, 15) is 22.8 Å². The Hall–Kier alpha value is -3.50. The third kappa shape index (κ3) is 7.49. The molecule has 0 aliphatic rings. The zero-order chi connectivity index (χ0) is 25.4. The minimum absolute atomic E-state index is 0.216. The van der Waals surface area contributed by atoms with Crippen molar-refractivity contribution in [1.29, 1.82) is 0 Å². The number of aryl methyl sites for hydroxylation is 1. The fourth-order valence-corrected chi connectivity index (χ4v) is 3.58. The largest absolute Gasteiger partial charge is 0.416 e. The van der Waals surface area contributed by atoms with Gasteiger partial charge in [-0.15, -0.1) is 0 Å². The summed E-state index contributed by atoms with van der Waals surface area (Å²) in [5, 5.41) is 5.58. The van der Waals surface area contributed by atoms with Gasteiger partial charge >= 0.3 is 6.18 Å². The lowest BCUT2D eigenvalue weighted by molar-refractivity contribution is -0.137. The van der Waals surface area contributed by atoms with E-state index in [0.29, 0.717) is 37.7 Å². The second-order valence-electron chi connectivity index (χ2n) is 8.24. The summed E-state index contributed by atoms with van der Waals surface area (Å²) in [6.45, 7) is 0.393. The Morgan fingerprint density at radius 1 is 1.00 bits per heavy atom. The van der Waals surface area contributed by atoms with Gasteiger partial charge in [-0.05, 0) is 62.1 Å². The van der Waals surface area contributed by atoms with Crippen molar-refractivity contribution in [1.82, 2.24) is 10.3 Å². The van der Waals surface area contributed by atoms with Crippen LogP contribution in [0.15, 0.2) is 60.8 Å². The molecule has 0 aliphatic carbocycles. The van der Waals surface area contributed by atoms with Gasteiger partial charge in [0.15, 0.2) is 0 Å². The van der Waals surface area contributed by atoms with Gasteiger partial charge < -0.3 is 22.1 Å². The molecule has 3 aromatic rings. The lowest BCUT2D eigenvalue weighted by Gasteiger charge is -2.21. The van der Waals surface area contributed by atoms with E-state index in [4.69, 9.17) is 11.5 Å². The highest BCUT2D eigenvalue weighted by atomic mass is 19.4. The maximum atomic E-state index is 13.1. The second-order valence-corrected chi connectivity index (χ2v) is 8.24. The average Bonchev–Trinajstić information content (AvgIpc) is 2.84. The van der Waals surface area contributed by atoms with Gasteiger partial charge in [0.25, 0.3) is 0 Å². The molecule has 2 atom stereocenters. The number of benzene rings is 2. The van der Waals surface area contributed by atoms with Gasteiger partial charge in [-0.1, -0.05) is 30.3 Å². The van der Waals surface area contributed by atoms with Crippen molar-refractivity contribution in [2.24, 2.45) is 11.5 Å². The Kier molecular flexibility index (Phi) is 8.78. The van der Waals surface area contributed by atoms with E-state index in [1.54, 1.807) is 0 Å². The highest BCUT2D eigenvalue weighted by Crippen LogP contribution is 2.31. The number of aromatic nitrogens is 1. The number of anilines is 1. The molecule has 1 heterocycles. The number of amides is 2. The van der Waals surface area contributed by atoms with Crippen LogP contribution in [-0.4, -0.2) is 35.4 Å². The number of hydrogen-bond donors (Lipinski definition) is 4. The smallest absolute Gasteiger partial charge is 0.343 e. The second kappa shape index (κ2) is 11.8. The Morgan fingerprint density at radius 2 is 1.74 bits per heavy atom. The Bertz CT molecular complexity index is 1150. The van der Waals surface area contributed by atoms with E-state index in [-0.39, 0.29) is 11.1 Å². The molecular weight excluding hydrogens is 459 g/mol. The van der Waals surface area contributed by atoms with Crippen LogP contribution < -0.4 is 22.1 Å². The summed E-state index contributed by atoms with van der Waals surface area (Å²) in [7, 11) is 0. The molecule has 0 fully saturated rings. The monoisotopic (exact) mass is 487 g/mol. The van der Waals surface area contributed by atoms with Crippen molar-refractivity contribution < 1.29 is 22.8 Å². The summed E-state index contributed by atoms with van der Waals surface area (Å²) in [5.74, 6) is -0.994. The van der Waals surface area contributed by atoms with Crippen molar-refractivity contribution in [3.63, 3.8) is 0 Å². The number of nitrogens with zero attached hydrogens (tertiary/aromatic N) is 1. The zero-order valence-corrected chi connectivity index (χ0v) is 19.0. The Morgan fingerprint density at radius 3 is 2.43 bits per heavy atom. The molecule has 3 rings (SSSR count). The first kappa shape index (κ1) is 26.1. The summed E-state index contributed by atoms with van der Waals surface area (Å²) in [6.07, 6.45) is -1.38. The fourth-order valence-electron chi connectivity index (χ4n) is 3.58. The molecule has 7 nitrogen and oxygen atoms in total. The Balaban J connectivity index is 1.77. The predicted octanol–water partition coefficient (Wildman–Crippen LogP) is 3.38. The molecule has 2 aromatic carbocycles. The highest BCUT2D eigenvalue weighted by Gasteiger charge is 2.30. The third-order valence-corrected chi connectivity index (χ3v) is 5.53. The predicted molar refractivity (Wildman–Crippen MR) is 128 cm³/mol. The number of carbonyl (C=O) groups is 2. The van der Waals surface area contributed by atoms with Crippen LogP contribution in [0.5, 0.6) is 0 Å². The third-order valence-electron chi connectivity index (χ3n) is 5.53. The zero-order valence-electron chi connectivity index (χ0n) is 19.0. The molecule has 0 saturated heterocycles. The number of fused-ring (bicyclic) bond motifs is 1. The molecule has 0 bridgehead atoms. The number of nitrogens with two attached hydrogens (primary N) is 2. The molecule has 0 aliphatic heterocycles. The maximum absolute atomic E-state index is 13.1. The summed E-state index contributed by atoms with van der Waals surface area (Å²) < 4.78 is 39.2. The number of nitrogens with one attached hydrogen (secondary N) is 2. The molecule has 0 saturated carbocycles. The van der Waals surface area contributed by atoms with Gasteiger partial charge in [0.2, 0.25) is 11.8 Å². The van der Waals surface area contributed by atoms with Gasteiger partial charge in [0.05, 0.1) is 29.0 Å². The quantitative estimate of drug-likeness (QED) is 0.349. The van der Waals surface area contributed by atoms with E-state index in [1.165, 1.54) is 18.3 Å². The fraction of sp³-hybridized carbons (Fsp3) is 0.320. The number of halogens is 3. The van der Waals surface area contributed by atoms with Gasteiger partial charge in [0, 0.05) is 5.39 Å². The summed E-state index contributed by atoms with van der Waals surface area (Å²) >= 11 is 0. The molecule has 35 heavy (non-hydrogen) atoms. The number of alkyl halides is 3. The average molecular weight is 488 g/mol. The van der Waals surface area contributed by atoms with Gasteiger partial charge in [-0.2, -0.15) is 13.2 Å². The van der Waals surface area contributed by atoms with E-state index in [1.807, 2.05) is 30.3 Å². The normalized spacial score (nSPS) is 13.3. The van der Waals surface area contributed by atoms with E-state index in [2.05, 4.69) is 15.6 Å². The standard InChI is InChI=1S/C25H28F3N5O2/c26-25(27,28)18-9-11-21-17(13-18)14-19(15-31-21)32-24(35)22(10-8-16-5-2-1-3-6-16)33-23(34)20(30)7-4-12-29/h1-3,5-6,9,11,13-15,20,22H,4,7-8,10,12,29-30H2,(H,32,35)(H,33,34)/t20-,22+/m0/s1. The number of hydrogen-bond acceptors (Lipinski definition) is 5. The summed E-state index contributed by atoms with van der Waals surface area (Å²) in [6, 6.07) is 12.3. The number of pyridine rings is 1. The molecule has 0 radical (unpaired) electrons. The highest BCUT2D eigenvalue weighted by molar-refractivity contribution is 5.99. The van der Waals surface area contributed by atoms with Crippen LogP contribution in [0, 0.1) is 0 Å². The minimum Gasteiger partial charge on any atom is -0.343 e. The van der Waals surface area contributed by atoms with Crippen LogP contribution in [0.4, 0.5) is 18.9 Å². The van der Waals surface area contributed by atoms with Crippen LogP contribution in [0.1, 0.15) is 30.4 Å². The van der Waals surface area contributed by atoms with Gasteiger partial charge in [-0.25, -0.2) is 0 Å². The Labute approximate surface area is 201 Å². The van der Waals surface area contributed by atoms with Crippen molar-refractivity contribution in [3.8, 4) is 0 Å².